The van der Waals surface area contributed by atoms with Crippen LogP contribution in [0, 0.1) is 0 Å². The van der Waals surface area contributed by atoms with E-state index >= 15 is 0 Å². The van der Waals surface area contributed by atoms with Gasteiger partial charge in [-0.2, -0.15) is 5.10 Å². The maximum atomic E-state index is 12.3. The van der Waals surface area contributed by atoms with Gasteiger partial charge in [-0.1, -0.05) is 91.0 Å². The molecule has 148 valence electrons. The van der Waals surface area contributed by atoms with Crippen molar-refractivity contribution in [3.05, 3.63) is 125 Å². The minimum atomic E-state index is -0.895. The summed E-state index contributed by atoms with van der Waals surface area (Å²) in [5, 5.41) is 4.55. The van der Waals surface area contributed by atoms with Gasteiger partial charge in [0, 0.05) is 6.20 Å². The van der Waals surface area contributed by atoms with Crippen LogP contribution in [0.5, 0.6) is 0 Å². The SMILES string of the molecule is COC(=O)c1cn(C(c2ccccc2)(c2ccccc2)c2ccccc2)nc1C=O. The molecule has 5 nitrogen and oxygen atoms in total. The third kappa shape index (κ3) is 3.10. The van der Waals surface area contributed by atoms with E-state index in [2.05, 4.69) is 5.10 Å². The quantitative estimate of drug-likeness (QED) is 0.277. The highest BCUT2D eigenvalue weighted by atomic mass is 16.5. The summed E-state index contributed by atoms with van der Waals surface area (Å²) in [6.45, 7) is 0. The minimum Gasteiger partial charge on any atom is -0.465 e. The number of carbonyl (C=O) groups is 2. The molecule has 0 unspecified atom stereocenters. The van der Waals surface area contributed by atoms with Gasteiger partial charge in [-0.25, -0.2) is 4.79 Å². The average Bonchev–Trinajstić information content (AvgIpc) is 3.26. The molecular weight excluding hydrogens is 376 g/mol. The van der Waals surface area contributed by atoms with E-state index in [1.165, 1.54) is 7.11 Å². The fourth-order valence-corrected chi connectivity index (χ4v) is 3.85. The predicted molar refractivity (Wildman–Crippen MR) is 114 cm³/mol. The number of benzene rings is 3. The van der Waals surface area contributed by atoms with Crippen molar-refractivity contribution < 1.29 is 14.3 Å². The summed E-state index contributed by atoms with van der Waals surface area (Å²) in [6.07, 6.45) is 2.16. The van der Waals surface area contributed by atoms with E-state index in [0.29, 0.717) is 6.29 Å². The molecule has 0 aliphatic rings. The number of methoxy groups -OCH3 is 1. The van der Waals surface area contributed by atoms with Crippen LogP contribution in [0.25, 0.3) is 0 Å². The zero-order valence-corrected chi connectivity index (χ0v) is 16.4. The second-order valence-corrected chi connectivity index (χ2v) is 6.79. The van der Waals surface area contributed by atoms with Crippen molar-refractivity contribution in [3.63, 3.8) is 0 Å². The molecule has 1 aromatic heterocycles. The topological polar surface area (TPSA) is 61.2 Å². The standard InChI is InChI=1S/C25H20N2O3/c1-30-24(29)22-17-27(26-23(22)18-28)25(19-11-5-2-6-12-19,20-13-7-3-8-14-20)21-15-9-4-10-16-21/h2-18H,1H3. The maximum Gasteiger partial charge on any atom is 0.341 e. The molecule has 4 aromatic rings. The third-order valence-corrected chi connectivity index (χ3v) is 5.18. The van der Waals surface area contributed by atoms with E-state index in [9.17, 15) is 9.59 Å². The molecule has 0 saturated carbocycles. The number of hydrogen-bond donors (Lipinski definition) is 0. The van der Waals surface area contributed by atoms with Gasteiger partial charge in [0.2, 0.25) is 0 Å². The first-order valence-corrected chi connectivity index (χ1v) is 9.52. The molecule has 0 atom stereocenters. The van der Waals surface area contributed by atoms with Gasteiger partial charge in [-0.05, 0) is 16.7 Å². The van der Waals surface area contributed by atoms with Crippen molar-refractivity contribution in [1.82, 2.24) is 9.78 Å². The molecule has 0 bridgehead atoms. The fourth-order valence-electron chi connectivity index (χ4n) is 3.85. The Labute approximate surface area is 174 Å². The molecule has 0 aliphatic carbocycles. The Bertz CT molecular complexity index is 1060. The van der Waals surface area contributed by atoms with Gasteiger partial charge in [0.25, 0.3) is 0 Å². The van der Waals surface area contributed by atoms with Crippen LogP contribution in [0.2, 0.25) is 0 Å². The monoisotopic (exact) mass is 396 g/mol. The molecule has 0 aliphatic heterocycles. The summed E-state index contributed by atoms with van der Waals surface area (Å²) in [5.41, 5.74) is 2.10. The van der Waals surface area contributed by atoms with Crippen molar-refractivity contribution >= 4 is 12.3 Å². The number of nitrogens with zero attached hydrogens (tertiary/aromatic N) is 2. The summed E-state index contributed by atoms with van der Waals surface area (Å²) in [6, 6.07) is 29.7. The third-order valence-electron chi connectivity index (χ3n) is 5.18. The van der Waals surface area contributed by atoms with Crippen molar-refractivity contribution in [2.45, 2.75) is 5.54 Å². The molecule has 3 aromatic carbocycles. The Kier molecular flexibility index (Phi) is 5.26. The highest BCUT2D eigenvalue weighted by Gasteiger charge is 2.40. The van der Waals surface area contributed by atoms with Crippen molar-refractivity contribution in [2.24, 2.45) is 0 Å². The summed E-state index contributed by atoms with van der Waals surface area (Å²) in [4.78, 5) is 24.0. The van der Waals surface area contributed by atoms with E-state index in [4.69, 9.17) is 4.74 Å². The average molecular weight is 396 g/mol. The lowest BCUT2D eigenvalue weighted by atomic mass is 9.77. The molecule has 0 spiro atoms. The van der Waals surface area contributed by atoms with Crippen LogP contribution in [-0.2, 0) is 10.3 Å². The van der Waals surface area contributed by atoms with Gasteiger partial charge < -0.3 is 4.74 Å². The molecule has 1 heterocycles. The predicted octanol–water partition coefficient (Wildman–Crippen LogP) is 4.32. The molecule has 5 heteroatoms. The molecule has 4 rings (SSSR count). The van der Waals surface area contributed by atoms with E-state index < -0.39 is 11.5 Å². The molecule has 0 N–H and O–H groups in total. The highest BCUT2D eigenvalue weighted by Crippen LogP contribution is 2.40. The first kappa shape index (κ1) is 19.3. The number of ether oxygens (including phenoxy) is 1. The first-order chi connectivity index (χ1) is 14.7. The second-order valence-electron chi connectivity index (χ2n) is 6.79. The Morgan fingerprint density at radius 1 is 0.833 bits per heavy atom. The van der Waals surface area contributed by atoms with Gasteiger partial charge in [0.15, 0.2) is 6.29 Å². The molecule has 0 saturated heterocycles. The molecule has 30 heavy (non-hydrogen) atoms. The number of hydrogen-bond acceptors (Lipinski definition) is 4. The Hall–Kier alpha value is -3.99. The van der Waals surface area contributed by atoms with Crippen molar-refractivity contribution in [3.8, 4) is 0 Å². The highest BCUT2D eigenvalue weighted by molar-refractivity contribution is 5.96. The number of aldehydes is 1. The van der Waals surface area contributed by atoms with Crippen molar-refractivity contribution in [2.75, 3.05) is 7.11 Å². The van der Waals surface area contributed by atoms with E-state index in [1.807, 2.05) is 91.0 Å². The van der Waals surface area contributed by atoms with Gasteiger partial charge >= 0.3 is 5.97 Å². The zero-order chi connectivity index (χ0) is 21.0. The Balaban J connectivity index is 2.13. The second kappa shape index (κ2) is 8.17. The number of aromatic nitrogens is 2. The molecule has 0 fully saturated rings. The number of rotatable bonds is 6. The van der Waals surface area contributed by atoms with Gasteiger partial charge in [0.1, 0.15) is 16.8 Å². The Morgan fingerprint density at radius 2 is 1.27 bits per heavy atom. The normalized spacial score (nSPS) is 11.1. The number of carbonyl (C=O) groups excluding carboxylic acids is 2. The largest absolute Gasteiger partial charge is 0.465 e. The van der Waals surface area contributed by atoms with Crippen LogP contribution >= 0.6 is 0 Å². The fraction of sp³-hybridized carbons (Fsp3) is 0.0800. The zero-order valence-electron chi connectivity index (χ0n) is 16.4. The van der Waals surface area contributed by atoms with E-state index in [1.54, 1.807) is 10.9 Å². The van der Waals surface area contributed by atoms with Crippen LogP contribution in [-0.4, -0.2) is 29.1 Å². The minimum absolute atomic E-state index is 0.0361. The number of esters is 1. The Morgan fingerprint density at radius 3 is 1.63 bits per heavy atom. The summed E-state index contributed by atoms with van der Waals surface area (Å²) in [5.74, 6) is -0.605. The van der Waals surface area contributed by atoms with Crippen LogP contribution < -0.4 is 0 Å². The van der Waals surface area contributed by atoms with E-state index in [-0.39, 0.29) is 11.3 Å². The summed E-state index contributed by atoms with van der Waals surface area (Å²) in [7, 11) is 1.28. The molecule has 0 radical (unpaired) electrons. The van der Waals surface area contributed by atoms with Gasteiger partial charge in [-0.3, -0.25) is 9.48 Å². The summed E-state index contributed by atoms with van der Waals surface area (Å²) < 4.78 is 6.55. The van der Waals surface area contributed by atoms with Gasteiger partial charge in [-0.15, -0.1) is 0 Å². The van der Waals surface area contributed by atoms with Crippen molar-refractivity contribution in [1.29, 1.82) is 0 Å². The van der Waals surface area contributed by atoms with Crippen LogP contribution in [0.4, 0.5) is 0 Å². The van der Waals surface area contributed by atoms with Gasteiger partial charge in [0.05, 0.1) is 7.11 Å². The maximum absolute atomic E-state index is 12.3. The smallest absolute Gasteiger partial charge is 0.341 e. The van der Waals surface area contributed by atoms with Crippen LogP contribution in [0.15, 0.2) is 97.2 Å². The van der Waals surface area contributed by atoms with Crippen LogP contribution in [0.1, 0.15) is 37.5 Å². The van der Waals surface area contributed by atoms with E-state index in [0.717, 1.165) is 16.7 Å². The molecule has 0 amide bonds. The lowest BCUT2D eigenvalue weighted by Crippen LogP contribution is -2.38. The van der Waals surface area contributed by atoms with Crippen LogP contribution in [0.3, 0.4) is 0 Å². The molecular formula is C25H20N2O3. The summed E-state index contributed by atoms with van der Waals surface area (Å²) >= 11 is 0. The first-order valence-electron chi connectivity index (χ1n) is 9.52. The lowest BCUT2D eigenvalue weighted by Gasteiger charge is -2.36. The lowest BCUT2D eigenvalue weighted by molar-refractivity contribution is 0.0598.